The van der Waals surface area contributed by atoms with E-state index >= 15 is 0 Å². The summed E-state index contributed by atoms with van der Waals surface area (Å²) in [6.07, 6.45) is 18.2. The Morgan fingerprint density at radius 3 is 2.02 bits per heavy atom. The third kappa shape index (κ3) is 19.4. The molecule has 2 aliphatic rings. The quantitative estimate of drug-likeness (QED) is 0.115. The van der Waals surface area contributed by atoms with Crippen LogP contribution in [0, 0.1) is 46.8 Å². The summed E-state index contributed by atoms with van der Waals surface area (Å²) in [5, 5.41) is 3.48. The first-order valence-electron chi connectivity index (χ1n) is 18.7. The van der Waals surface area contributed by atoms with Crippen LogP contribution in [0.3, 0.4) is 0 Å². The van der Waals surface area contributed by atoms with Crippen molar-refractivity contribution in [3.05, 3.63) is 49.9 Å². The molecule has 1 saturated carbocycles. The predicted octanol–water partition coefficient (Wildman–Crippen LogP) is 11.7. The number of nitrogens with zero attached hydrogens (tertiary/aromatic N) is 1. The standard InChI is InChI=1S/C21H37NO2.C10H21N.C8H10.2C2H6/c1-8-12-20(6,15-24-10-3)13-11-18(23)17(5)19-21(7,9-2)14-16(4)22-19;1-8-5-9(2)7-10(6-8)11(3)4;1-5-7(3)8(4)6-2;2*1-2/h10,17,19,22H,3-4,8-9,11-15H2,1-2,5-7H3;8-10H,5-7H2,1-4H3;1,6,8H,2-3H2,4H3;2*1-2H3/t17?,19?,20-,21-;;;;/m0..../s1. The third-order valence-corrected chi connectivity index (χ3v) is 9.89. The summed E-state index contributed by atoms with van der Waals surface area (Å²) in [6.45, 7) is 41.2. The van der Waals surface area contributed by atoms with Crippen molar-refractivity contribution in [2.24, 2.45) is 34.5 Å². The van der Waals surface area contributed by atoms with E-state index in [1.807, 2.05) is 34.6 Å². The number of rotatable bonds is 14. The number of allylic oxidation sites excluding steroid dienone is 3. The van der Waals surface area contributed by atoms with Gasteiger partial charge in [-0.05, 0) is 76.3 Å². The molecule has 0 aromatic heterocycles. The molecule has 0 spiro atoms. The van der Waals surface area contributed by atoms with Crippen LogP contribution in [-0.2, 0) is 9.53 Å². The maximum atomic E-state index is 12.8. The molecule has 7 atom stereocenters. The fourth-order valence-corrected chi connectivity index (χ4v) is 6.69. The molecule has 4 heteroatoms. The van der Waals surface area contributed by atoms with Crippen molar-refractivity contribution in [1.82, 2.24) is 10.2 Å². The molecular weight excluding hydrogens is 576 g/mol. The number of ether oxygens (including phenoxy) is 1. The molecule has 0 radical (unpaired) electrons. The SMILES string of the molecule is C#CC(=C)C(C)C=C.C=COC[C@@](C)(CCC)CCC(=O)C(C)C1NC(=C)C[C@]1(C)CC.CC.CC.CC1CC(C)CC(N(C)C)C1. The minimum atomic E-state index is 0.0143. The van der Waals surface area contributed by atoms with Crippen LogP contribution in [-0.4, -0.2) is 43.5 Å². The number of ketones is 1. The van der Waals surface area contributed by atoms with Crippen LogP contribution in [0.15, 0.2) is 49.9 Å². The highest BCUT2D eigenvalue weighted by Gasteiger charge is 2.44. The fraction of sp³-hybridized carbons (Fsp3) is 0.744. The molecule has 0 aromatic rings. The minimum Gasteiger partial charge on any atom is -0.501 e. The second-order valence-corrected chi connectivity index (χ2v) is 14.4. The van der Waals surface area contributed by atoms with Crippen molar-refractivity contribution < 1.29 is 9.53 Å². The Hall–Kier alpha value is -2.25. The highest BCUT2D eigenvalue weighted by molar-refractivity contribution is 5.81. The lowest BCUT2D eigenvalue weighted by molar-refractivity contribution is -0.124. The number of nitrogens with one attached hydrogen (secondary N) is 1. The lowest BCUT2D eigenvalue weighted by Gasteiger charge is -2.35. The maximum absolute atomic E-state index is 12.8. The average molecular weight is 657 g/mol. The molecule has 1 aliphatic carbocycles. The van der Waals surface area contributed by atoms with Crippen LogP contribution >= 0.6 is 0 Å². The van der Waals surface area contributed by atoms with Gasteiger partial charge in [0.25, 0.3) is 0 Å². The molecule has 1 aliphatic heterocycles. The first kappa shape index (κ1) is 49.1. The minimum absolute atomic E-state index is 0.0143. The number of terminal acetylenes is 1. The van der Waals surface area contributed by atoms with Gasteiger partial charge < -0.3 is 15.0 Å². The summed E-state index contributed by atoms with van der Waals surface area (Å²) < 4.78 is 5.44. The molecule has 1 saturated heterocycles. The van der Waals surface area contributed by atoms with Crippen molar-refractivity contribution in [1.29, 1.82) is 0 Å². The number of Topliss-reactive ketones (excluding diaryl/α,β-unsaturated/α-hetero) is 1. The highest BCUT2D eigenvalue weighted by Crippen LogP contribution is 2.42. The molecular formula is C43H80N2O2. The van der Waals surface area contributed by atoms with Crippen LogP contribution in [0.4, 0.5) is 0 Å². The van der Waals surface area contributed by atoms with Gasteiger partial charge in [0.05, 0.1) is 12.9 Å². The normalized spacial score (nSPS) is 25.4. The van der Waals surface area contributed by atoms with Crippen LogP contribution in [0.5, 0.6) is 0 Å². The Kier molecular flexibility index (Phi) is 27.9. The molecule has 0 amide bonds. The van der Waals surface area contributed by atoms with E-state index in [0.29, 0.717) is 18.8 Å². The molecule has 2 rings (SSSR count). The topological polar surface area (TPSA) is 41.6 Å². The molecule has 2 fully saturated rings. The summed E-state index contributed by atoms with van der Waals surface area (Å²) in [4.78, 5) is 15.2. The van der Waals surface area contributed by atoms with Crippen molar-refractivity contribution in [2.45, 2.75) is 153 Å². The van der Waals surface area contributed by atoms with Gasteiger partial charge in [0.15, 0.2) is 0 Å². The number of hydrogen-bond acceptors (Lipinski definition) is 4. The first-order chi connectivity index (χ1) is 22.0. The van der Waals surface area contributed by atoms with Crippen LogP contribution < -0.4 is 5.32 Å². The highest BCUT2D eigenvalue weighted by atomic mass is 16.5. The number of carbonyl (C=O) groups is 1. The van der Waals surface area contributed by atoms with Crippen molar-refractivity contribution in [2.75, 3.05) is 20.7 Å². The summed E-state index contributed by atoms with van der Waals surface area (Å²) in [5.74, 6) is 4.94. The Balaban J connectivity index is -0.000000692. The van der Waals surface area contributed by atoms with E-state index in [1.54, 1.807) is 6.08 Å². The monoisotopic (exact) mass is 657 g/mol. The zero-order valence-corrected chi connectivity index (χ0v) is 33.9. The predicted molar refractivity (Wildman–Crippen MR) is 211 cm³/mol. The Morgan fingerprint density at radius 2 is 1.64 bits per heavy atom. The second-order valence-electron chi connectivity index (χ2n) is 14.4. The number of carbonyl (C=O) groups excluding carboxylic acids is 1. The molecule has 47 heavy (non-hydrogen) atoms. The lowest BCUT2D eigenvalue weighted by Crippen LogP contribution is -2.43. The largest absolute Gasteiger partial charge is 0.501 e. The van der Waals surface area contributed by atoms with Crippen molar-refractivity contribution in [3.8, 4) is 12.3 Å². The Bertz CT molecular complexity index is 921. The Morgan fingerprint density at radius 1 is 1.11 bits per heavy atom. The summed E-state index contributed by atoms with van der Waals surface area (Å²) in [7, 11) is 4.41. The first-order valence-corrected chi connectivity index (χ1v) is 18.7. The van der Waals surface area contributed by atoms with Gasteiger partial charge >= 0.3 is 0 Å². The molecule has 1 N–H and O–H groups in total. The Labute approximate surface area is 295 Å². The van der Waals surface area contributed by atoms with E-state index in [2.05, 4.69) is 105 Å². The van der Waals surface area contributed by atoms with Gasteiger partial charge in [-0.1, -0.05) is 121 Å². The number of hydrogen-bond donors (Lipinski definition) is 1. The average Bonchev–Trinajstić information content (AvgIpc) is 3.37. The molecule has 0 aromatic carbocycles. The van der Waals surface area contributed by atoms with E-state index in [0.717, 1.165) is 61.3 Å². The van der Waals surface area contributed by atoms with Crippen molar-refractivity contribution >= 4 is 5.78 Å². The van der Waals surface area contributed by atoms with E-state index in [4.69, 9.17) is 11.2 Å². The summed E-state index contributed by atoms with van der Waals surface area (Å²) in [6, 6.07) is 1.04. The van der Waals surface area contributed by atoms with Crippen LogP contribution in [0.25, 0.3) is 0 Å². The van der Waals surface area contributed by atoms with Gasteiger partial charge in [0.1, 0.15) is 5.78 Å². The molecule has 5 unspecified atom stereocenters. The molecule has 274 valence electrons. The van der Waals surface area contributed by atoms with Gasteiger partial charge in [-0.3, -0.25) is 4.79 Å². The molecule has 1 heterocycles. The second kappa shape index (κ2) is 26.7. The molecule has 0 bridgehead atoms. The van der Waals surface area contributed by atoms with Gasteiger partial charge in [0, 0.05) is 47.0 Å². The van der Waals surface area contributed by atoms with Gasteiger partial charge in [-0.15, -0.1) is 13.0 Å². The van der Waals surface area contributed by atoms with Gasteiger partial charge in [0.2, 0.25) is 0 Å². The smallest absolute Gasteiger partial charge is 0.137 e. The van der Waals surface area contributed by atoms with Gasteiger partial charge in [-0.25, -0.2) is 0 Å². The summed E-state index contributed by atoms with van der Waals surface area (Å²) >= 11 is 0. The van der Waals surface area contributed by atoms with E-state index < -0.39 is 0 Å². The summed E-state index contributed by atoms with van der Waals surface area (Å²) in [5.41, 5.74) is 2.03. The van der Waals surface area contributed by atoms with Crippen molar-refractivity contribution in [3.63, 3.8) is 0 Å². The van der Waals surface area contributed by atoms with Crippen LogP contribution in [0.2, 0.25) is 0 Å². The lowest BCUT2D eigenvalue weighted by atomic mass is 9.72. The van der Waals surface area contributed by atoms with Crippen LogP contribution in [0.1, 0.15) is 141 Å². The molecule has 4 nitrogen and oxygen atoms in total. The van der Waals surface area contributed by atoms with Gasteiger partial charge in [-0.2, -0.15) is 0 Å². The van der Waals surface area contributed by atoms with E-state index in [9.17, 15) is 4.79 Å². The third-order valence-electron chi connectivity index (χ3n) is 9.89. The van der Waals surface area contributed by atoms with E-state index in [1.165, 1.54) is 25.5 Å². The van der Waals surface area contributed by atoms with E-state index in [-0.39, 0.29) is 28.7 Å². The maximum Gasteiger partial charge on any atom is 0.137 e. The fourth-order valence-electron chi connectivity index (χ4n) is 6.69. The zero-order valence-electron chi connectivity index (χ0n) is 33.9. The zero-order chi connectivity index (χ0) is 37.4.